The van der Waals surface area contributed by atoms with Crippen LogP contribution >= 0.6 is 0 Å². The maximum atomic E-state index is 12.8. The largest absolute Gasteiger partial charge is 0.426 e. The second-order valence-corrected chi connectivity index (χ2v) is 6.20. The standard InChI is InChI=1S/C19H21NO2/c1-20(2)14-16-13-19(16,15-9-5-3-6-10-15)18(21)22-17-11-7-4-8-12-17/h3-12,16H,13-14H2,1-2H3. The molecule has 0 heterocycles. The summed E-state index contributed by atoms with van der Waals surface area (Å²) in [5, 5.41) is 0. The van der Waals surface area contributed by atoms with Crippen molar-refractivity contribution in [2.45, 2.75) is 11.8 Å². The molecular formula is C19H21NO2. The summed E-state index contributed by atoms with van der Waals surface area (Å²) in [6, 6.07) is 19.3. The van der Waals surface area contributed by atoms with E-state index in [1.807, 2.05) is 74.8 Å². The number of benzene rings is 2. The molecular weight excluding hydrogens is 274 g/mol. The summed E-state index contributed by atoms with van der Waals surface area (Å²) in [5.41, 5.74) is 0.559. The minimum absolute atomic E-state index is 0.142. The Balaban J connectivity index is 1.86. The Morgan fingerprint density at radius 3 is 2.27 bits per heavy atom. The minimum atomic E-state index is -0.499. The van der Waals surface area contributed by atoms with Gasteiger partial charge in [0.15, 0.2) is 0 Å². The van der Waals surface area contributed by atoms with Gasteiger partial charge in [0.25, 0.3) is 0 Å². The fourth-order valence-electron chi connectivity index (χ4n) is 3.13. The number of carbonyl (C=O) groups excluding carboxylic acids is 1. The van der Waals surface area contributed by atoms with Gasteiger partial charge in [-0.25, -0.2) is 0 Å². The highest BCUT2D eigenvalue weighted by atomic mass is 16.5. The Morgan fingerprint density at radius 1 is 1.09 bits per heavy atom. The molecule has 0 radical (unpaired) electrons. The van der Waals surface area contributed by atoms with E-state index in [9.17, 15) is 4.79 Å². The number of esters is 1. The molecule has 1 saturated carbocycles. The highest BCUT2D eigenvalue weighted by Crippen LogP contribution is 2.55. The summed E-state index contributed by atoms with van der Waals surface area (Å²) >= 11 is 0. The second kappa shape index (κ2) is 5.93. The molecule has 0 N–H and O–H groups in total. The third-order valence-corrected chi connectivity index (χ3v) is 4.30. The van der Waals surface area contributed by atoms with Crippen molar-refractivity contribution in [3.8, 4) is 5.75 Å². The van der Waals surface area contributed by atoms with Gasteiger partial charge in [-0.05, 0) is 44.1 Å². The van der Waals surface area contributed by atoms with Crippen LogP contribution in [0.5, 0.6) is 5.75 Å². The molecule has 2 atom stereocenters. The fourth-order valence-corrected chi connectivity index (χ4v) is 3.13. The summed E-state index contributed by atoms with van der Waals surface area (Å²) in [5.74, 6) is 0.774. The molecule has 22 heavy (non-hydrogen) atoms. The number of nitrogens with zero attached hydrogens (tertiary/aromatic N) is 1. The molecule has 0 bridgehead atoms. The number of hydrogen-bond donors (Lipinski definition) is 0. The summed E-state index contributed by atoms with van der Waals surface area (Å²) in [7, 11) is 4.08. The number of rotatable bonds is 5. The lowest BCUT2D eigenvalue weighted by molar-refractivity contribution is -0.137. The molecule has 1 fully saturated rings. The molecule has 1 aliphatic carbocycles. The van der Waals surface area contributed by atoms with Crippen LogP contribution in [0.3, 0.4) is 0 Å². The smallest absolute Gasteiger partial charge is 0.322 e. The van der Waals surface area contributed by atoms with Crippen molar-refractivity contribution in [2.24, 2.45) is 5.92 Å². The zero-order valence-electron chi connectivity index (χ0n) is 13.0. The van der Waals surface area contributed by atoms with Crippen molar-refractivity contribution in [3.05, 3.63) is 66.2 Å². The van der Waals surface area contributed by atoms with E-state index < -0.39 is 5.41 Å². The molecule has 1 aliphatic rings. The molecule has 3 heteroatoms. The monoisotopic (exact) mass is 295 g/mol. The first-order chi connectivity index (χ1) is 10.6. The number of para-hydroxylation sites is 1. The number of ether oxygens (including phenoxy) is 1. The van der Waals surface area contributed by atoms with E-state index in [0.29, 0.717) is 11.7 Å². The molecule has 0 amide bonds. The summed E-state index contributed by atoms with van der Waals surface area (Å²) < 4.78 is 5.65. The van der Waals surface area contributed by atoms with E-state index in [-0.39, 0.29) is 5.97 Å². The molecule has 3 rings (SSSR count). The first-order valence-corrected chi connectivity index (χ1v) is 7.60. The van der Waals surface area contributed by atoms with Crippen LogP contribution in [0.25, 0.3) is 0 Å². The van der Waals surface area contributed by atoms with Crippen LogP contribution < -0.4 is 4.74 Å². The van der Waals surface area contributed by atoms with Crippen molar-refractivity contribution in [3.63, 3.8) is 0 Å². The summed E-state index contributed by atoms with van der Waals surface area (Å²) in [4.78, 5) is 15.0. The van der Waals surface area contributed by atoms with Gasteiger partial charge in [0.05, 0.1) is 5.41 Å². The van der Waals surface area contributed by atoms with Gasteiger partial charge in [-0.3, -0.25) is 4.79 Å². The SMILES string of the molecule is CN(C)CC1CC1(C(=O)Oc1ccccc1)c1ccccc1. The lowest BCUT2D eigenvalue weighted by Gasteiger charge is -2.18. The normalized spacial score (nSPS) is 23.3. The Hall–Kier alpha value is -2.13. The molecule has 0 saturated heterocycles. The Morgan fingerprint density at radius 2 is 1.68 bits per heavy atom. The molecule has 2 unspecified atom stereocenters. The van der Waals surface area contributed by atoms with Gasteiger partial charge in [0, 0.05) is 6.54 Å². The van der Waals surface area contributed by atoms with E-state index >= 15 is 0 Å². The van der Waals surface area contributed by atoms with Crippen LogP contribution in [0.2, 0.25) is 0 Å². The van der Waals surface area contributed by atoms with Crippen LogP contribution in [0.15, 0.2) is 60.7 Å². The van der Waals surface area contributed by atoms with Gasteiger partial charge in [0.2, 0.25) is 0 Å². The predicted octanol–water partition coefficient (Wildman–Crippen LogP) is 3.11. The summed E-state index contributed by atoms with van der Waals surface area (Å²) in [6.45, 7) is 0.888. The van der Waals surface area contributed by atoms with Crippen LogP contribution in [-0.2, 0) is 10.2 Å². The number of hydrogen-bond acceptors (Lipinski definition) is 3. The van der Waals surface area contributed by atoms with Gasteiger partial charge in [-0.15, -0.1) is 0 Å². The highest BCUT2D eigenvalue weighted by molar-refractivity contribution is 5.89. The highest BCUT2D eigenvalue weighted by Gasteiger charge is 2.62. The molecule has 0 aliphatic heterocycles. The van der Waals surface area contributed by atoms with Gasteiger partial charge in [0.1, 0.15) is 5.75 Å². The first kappa shape index (κ1) is 14.8. The molecule has 3 nitrogen and oxygen atoms in total. The molecule has 114 valence electrons. The first-order valence-electron chi connectivity index (χ1n) is 7.60. The van der Waals surface area contributed by atoms with Crippen LogP contribution in [0.4, 0.5) is 0 Å². The average molecular weight is 295 g/mol. The maximum Gasteiger partial charge on any atom is 0.322 e. The zero-order valence-corrected chi connectivity index (χ0v) is 13.0. The number of carbonyl (C=O) groups is 1. The quantitative estimate of drug-likeness (QED) is 0.627. The topological polar surface area (TPSA) is 29.5 Å². The average Bonchev–Trinajstić information content (AvgIpc) is 3.23. The van der Waals surface area contributed by atoms with Crippen molar-refractivity contribution in [1.29, 1.82) is 0 Å². The Bertz CT molecular complexity index is 639. The van der Waals surface area contributed by atoms with E-state index in [2.05, 4.69) is 4.90 Å². The van der Waals surface area contributed by atoms with E-state index in [0.717, 1.165) is 18.5 Å². The van der Waals surface area contributed by atoms with Crippen molar-refractivity contribution < 1.29 is 9.53 Å². The molecule has 2 aromatic carbocycles. The zero-order chi connectivity index (χ0) is 15.6. The van der Waals surface area contributed by atoms with Crippen molar-refractivity contribution in [1.82, 2.24) is 4.90 Å². The van der Waals surface area contributed by atoms with Crippen LogP contribution in [0, 0.1) is 5.92 Å². The lowest BCUT2D eigenvalue weighted by atomic mass is 9.93. The molecule has 0 aromatic heterocycles. The summed E-state index contributed by atoms with van der Waals surface area (Å²) in [6.07, 6.45) is 0.848. The van der Waals surface area contributed by atoms with Crippen molar-refractivity contribution >= 4 is 5.97 Å². The Labute approximate surface area is 131 Å². The van der Waals surface area contributed by atoms with Gasteiger partial charge in [-0.1, -0.05) is 48.5 Å². The minimum Gasteiger partial charge on any atom is -0.426 e. The van der Waals surface area contributed by atoms with Gasteiger partial charge < -0.3 is 9.64 Å². The third kappa shape index (κ3) is 2.77. The second-order valence-electron chi connectivity index (χ2n) is 6.20. The van der Waals surface area contributed by atoms with Crippen LogP contribution in [0.1, 0.15) is 12.0 Å². The third-order valence-electron chi connectivity index (χ3n) is 4.30. The maximum absolute atomic E-state index is 12.8. The Kier molecular flexibility index (Phi) is 3.99. The van der Waals surface area contributed by atoms with E-state index in [1.165, 1.54) is 0 Å². The molecule has 2 aromatic rings. The fraction of sp³-hybridized carbons (Fsp3) is 0.316. The van der Waals surface area contributed by atoms with Crippen LogP contribution in [-0.4, -0.2) is 31.5 Å². The molecule has 0 spiro atoms. The van der Waals surface area contributed by atoms with E-state index in [1.54, 1.807) is 0 Å². The predicted molar refractivity (Wildman–Crippen MR) is 86.9 cm³/mol. The van der Waals surface area contributed by atoms with Crippen molar-refractivity contribution in [2.75, 3.05) is 20.6 Å². The van der Waals surface area contributed by atoms with E-state index in [4.69, 9.17) is 4.74 Å². The van der Waals surface area contributed by atoms with Gasteiger partial charge in [-0.2, -0.15) is 0 Å². The lowest BCUT2D eigenvalue weighted by Crippen LogP contribution is -2.31. The van der Waals surface area contributed by atoms with Gasteiger partial charge >= 0.3 is 5.97 Å².